The van der Waals surface area contributed by atoms with Crippen LogP contribution in [-0.4, -0.2) is 50.3 Å². The summed E-state index contributed by atoms with van der Waals surface area (Å²) in [5.41, 5.74) is 0. The minimum absolute atomic E-state index is 0.711. The minimum atomic E-state index is 0.711. The Morgan fingerprint density at radius 2 is 1.50 bits per heavy atom. The SMILES string of the molecule is C(CN(CC1CC1)CC1CC1)NC1CCOCC1. The summed E-state index contributed by atoms with van der Waals surface area (Å²) in [5, 5.41) is 3.72. The topological polar surface area (TPSA) is 24.5 Å². The Kier molecular flexibility index (Phi) is 4.55. The summed E-state index contributed by atoms with van der Waals surface area (Å²) in [6.45, 7) is 7.06. The van der Waals surface area contributed by atoms with Crippen molar-refractivity contribution in [3.05, 3.63) is 0 Å². The van der Waals surface area contributed by atoms with Gasteiger partial charge in [-0.05, 0) is 50.4 Å². The van der Waals surface area contributed by atoms with Gasteiger partial charge in [-0.25, -0.2) is 0 Å². The number of hydrogen-bond donors (Lipinski definition) is 1. The molecule has 0 aromatic heterocycles. The van der Waals surface area contributed by atoms with E-state index in [-0.39, 0.29) is 0 Å². The molecule has 3 fully saturated rings. The maximum atomic E-state index is 5.40. The van der Waals surface area contributed by atoms with Gasteiger partial charge in [0.15, 0.2) is 0 Å². The molecule has 0 bridgehead atoms. The van der Waals surface area contributed by atoms with Crippen molar-refractivity contribution in [3.63, 3.8) is 0 Å². The van der Waals surface area contributed by atoms with Gasteiger partial charge in [0.05, 0.1) is 0 Å². The van der Waals surface area contributed by atoms with Crippen molar-refractivity contribution in [3.8, 4) is 0 Å². The first-order valence-electron chi connectivity index (χ1n) is 7.93. The second kappa shape index (κ2) is 6.36. The lowest BCUT2D eigenvalue weighted by Gasteiger charge is -2.26. The molecule has 1 N–H and O–H groups in total. The standard InChI is InChI=1S/C15H28N2O/c1-2-13(1)11-17(12-14-3-4-14)8-7-16-15-5-9-18-10-6-15/h13-16H,1-12H2. The molecule has 3 aliphatic rings. The molecular formula is C15H28N2O. The minimum Gasteiger partial charge on any atom is -0.381 e. The van der Waals surface area contributed by atoms with Crippen LogP contribution in [0.4, 0.5) is 0 Å². The van der Waals surface area contributed by atoms with Gasteiger partial charge in [-0.2, -0.15) is 0 Å². The van der Waals surface area contributed by atoms with Crippen LogP contribution in [-0.2, 0) is 4.74 Å². The largest absolute Gasteiger partial charge is 0.381 e. The van der Waals surface area contributed by atoms with Gasteiger partial charge in [-0.1, -0.05) is 0 Å². The molecule has 0 amide bonds. The molecule has 3 heteroatoms. The van der Waals surface area contributed by atoms with Crippen LogP contribution in [0.3, 0.4) is 0 Å². The summed E-state index contributed by atoms with van der Waals surface area (Å²) in [7, 11) is 0. The molecule has 0 atom stereocenters. The van der Waals surface area contributed by atoms with Crippen molar-refractivity contribution in [2.45, 2.75) is 44.6 Å². The summed E-state index contributed by atoms with van der Waals surface area (Å²) < 4.78 is 5.40. The third-order valence-corrected chi connectivity index (χ3v) is 4.51. The maximum Gasteiger partial charge on any atom is 0.0480 e. The lowest BCUT2D eigenvalue weighted by molar-refractivity contribution is 0.0771. The lowest BCUT2D eigenvalue weighted by atomic mass is 10.1. The Labute approximate surface area is 111 Å². The van der Waals surface area contributed by atoms with E-state index in [9.17, 15) is 0 Å². The molecular weight excluding hydrogens is 224 g/mol. The van der Waals surface area contributed by atoms with Gasteiger partial charge in [-0.15, -0.1) is 0 Å². The molecule has 0 unspecified atom stereocenters. The van der Waals surface area contributed by atoms with E-state index in [0.717, 1.165) is 25.0 Å². The van der Waals surface area contributed by atoms with E-state index >= 15 is 0 Å². The van der Waals surface area contributed by atoms with Crippen molar-refractivity contribution < 1.29 is 4.74 Å². The molecule has 3 nitrogen and oxygen atoms in total. The number of rotatable bonds is 8. The number of nitrogens with one attached hydrogen (secondary N) is 1. The van der Waals surface area contributed by atoms with Crippen LogP contribution >= 0.6 is 0 Å². The monoisotopic (exact) mass is 252 g/mol. The summed E-state index contributed by atoms with van der Waals surface area (Å²) in [4.78, 5) is 2.72. The fourth-order valence-corrected chi connectivity index (χ4v) is 2.92. The van der Waals surface area contributed by atoms with Gasteiger partial charge in [0.2, 0.25) is 0 Å². The molecule has 1 aliphatic heterocycles. The van der Waals surface area contributed by atoms with Gasteiger partial charge in [-0.3, -0.25) is 0 Å². The highest BCUT2D eigenvalue weighted by molar-refractivity contribution is 4.83. The van der Waals surface area contributed by atoms with E-state index in [1.54, 1.807) is 0 Å². The lowest BCUT2D eigenvalue weighted by Crippen LogP contribution is -2.41. The summed E-state index contributed by atoms with van der Waals surface area (Å²) in [6.07, 6.45) is 8.32. The van der Waals surface area contributed by atoms with Crippen LogP contribution in [0.1, 0.15) is 38.5 Å². The predicted octanol–water partition coefficient (Wildman–Crippen LogP) is 1.88. The van der Waals surface area contributed by atoms with E-state index < -0.39 is 0 Å². The maximum absolute atomic E-state index is 5.40. The highest BCUT2D eigenvalue weighted by Gasteiger charge is 2.28. The molecule has 0 aromatic rings. The Hall–Kier alpha value is -0.120. The van der Waals surface area contributed by atoms with Crippen LogP contribution in [0.25, 0.3) is 0 Å². The van der Waals surface area contributed by atoms with Crippen LogP contribution in [0.15, 0.2) is 0 Å². The molecule has 2 saturated carbocycles. The quantitative estimate of drug-likeness (QED) is 0.714. The normalized spacial score (nSPS) is 25.8. The average molecular weight is 252 g/mol. The fourth-order valence-electron chi connectivity index (χ4n) is 2.92. The van der Waals surface area contributed by atoms with Crippen LogP contribution in [0, 0.1) is 11.8 Å². The van der Waals surface area contributed by atoms with Gasteiger partial charge in [0.1, 0.15) is 0 Å². The first kappa shape index (κ1) is 12.9. The summed E-state index contributed by atoms with van der Waals surface area (Å²) >= 11 is 0. The summed E-state index contributed by atoms with van der Waals surface area (Å²) in [5.74, 6) is 2.07. The fraction of sp³-hybridized carbons (Fsp3) is 1.00. The third-order valence-electron chi connectivity index (χ3n) is 4.51. The number of hydrogen-bond acceptors (Lipinski definition) is 3. The molecule has 0 radical (unpaired) electrons. The van der Waals surface area contributed by atoms with E-state index in [1.165, 1.54) is 64.7 Å². The van der Waals surface area contributed by atoms with Gasteiger partial charge >= 0.3 is 0 Å². The molecule has 1 heterocycles. The zero-order chi connectivity index (χ0) is 12.2. The Balaban J connectivity index is 1.32. The first-order valence-corrected chi connectivity index (χ1v) is 7.93. The third kappa shape index (κ3) is 4.52. The highest BCUT2D eigenvalue weighted by atomic mass is 16.5. The van der Waals surface area contributed by atoms with Crippen molar-refractivity contribution in [1.29, 1.82) is 0 Å². The van der Waals surface area contributed by atoms with Crippen molar-refractivity contribution in [2.75, 3.05) is 39.4 Å². The van der Waals surface area contributed by atoms with E-state index in [4.69, 9.17) is 4.74 Å². The van der Waals surface area contributed by atoms with E-state index in [1.807, 2.05) is 0 Å². The van der Waals surface area contributed by atoms with Crippen molar-refractivity contribution in [2.24, 2.45) is 11.8 Å². The zero-order valence-corrected chi connectivity index (χ0v) is 11.6. The Morgan fingerprint density at radius 1 is 0.889 bits per heavy atom. The molecule has 18 heavy (non-hydrogen) atoms. The second-order valence-corrected chi connectivity index (χ2v) is 6.49. The molecule has 0 spiro atoms. The smallest absolute Gasteiger partial charge is 0.0480 e. The molecule has 0 aromatic carbocycles. The first-order chi connectivity index (χ1) is 8.90. The predicted molar refractivity (Wildman–Crippen MR) is 73.7 cm³/mol. The van der Waals surface area contributed by atoms with Crippen molar-refractivity contribution >= 4 is 0 Å². The van der Waals surface area contributed by atoms with Gasteiger partial charge in [0.25, 0.3) is 0 Å². The Morgan fingerprint density at radius 3 is 2.06 bits per heavy atom. The van der Waals surface area contributed by atoms with E-state index in [2.05, 4.69) is 10.2 Å². The van der Waals surface area contributed by atoms with E-state index in [0.29, 0.717) is 6.04 Å². The molecule has 1 saturated heterocycles. The number of ether oxygens (including phenoxy) is 1. The van der Waals surface area contributed by atoms with Gasteiger partial charge < -0.3 is 15.0 Å². The molecule has 104 valence electrons. The average Bonchev–Trinajstić information content (AvgIpc) is 3.26. The summed E-state index contributed by atoms with van der Waals surface area (Å²) in [6, 6.07) is 0.711. The van der Waals surface area contributed by atoms with Gasteiger partial charge in [0, 0.05) is 45.4 Å². The highest BCUT2D eigenvalue weighted by Crippen LogP contribution is 2.33. The molecule has 2 aliphatic carbocycles. The van der Waals surface area contributed by atoms with Crippen molar-refractivity contribution in [1.82, 2.24) is 10.2 Å². The van der Waals surface area contributed by atoms with Crippen LogP contribution < -0.4 is 5.32 Å². The van der Waals surface area contributed by atoms with Crippen LogP contribution in [0.2, 0.25) is 0 Å². The molecule has 3 rings (SSSR count). The number of nitrogens with zero attached hydrogens (tertiary/aromatic N) is 1. The Bertz CT molecular complexity index is 231. The zero-order valence-electron chi connectivity index (χ0n) is 11.6. The second-order valence-electron chi connectivity index (χ2n) is 6.49. The van der Waals surface area contributed by atoms with Crippen LogP contribution in [0.5, 0.6) is 0 Å².